The second kappa shape index (κ2) is 9.02. The van der Waals surface area contributed by atoms with E-state index in [1.165, 1.54) is 52.1 Å². The normalized spacial score (nSPS) is 25.3. The lowest BCUT2D eigenvalue weighted by Crippen LogP contribution is -2.54. The number of carbonyl (C=O) groups is 1. The Morgan fingerprint density at radius 3 is 2.29 bits per heavy atom. The lowest BCUT2D eigenvalue weighted by Gasteiger charge is -2.42. The summed E-state index contributed by atoms with van der Waals surface area (Å²) in [4.78, 5) is 21.9. The minimum absolute atomic E-state index is 0.147. The van der Waals surface area contributed by atoms with Crippen LogP contribution in [0.2, 0.25) is 0 Å². The Labute approximate surface area is 147 Å². The molecule has 0 spiro atoms. The molecule has 0 unspecified atom stereocenters. The maximum atomic E-state index is 12.3. The molecule has 0 aromatic carbocycles. The number of likely N-dealkylation sites (tertiary alicyclic amines) is 2. The molecule has 3 rings (SSSR count). The van der Waals surface area contributed by atoms with Crippen LogP contribution in [0, 0.1) is 0 Å². The van der Waals surface area contributed by atoms with Crippen molar-refractivity contribution in [2.75, 3.05) is 72.5 Å². The maximum Gasteiger partial charge on any atom is 0.317 e. The molecular weight excluding hydrogens is 302 g/mol. The first-order chi connectivity index (χ1) is 11.7. The van der Waals surface area contributed by atoms with Gasteiger partial charge >= 0.3 is 6.03 Å². The van der Waals surface area contributed by atoms with Gasteiger partial charge in [-0.2, -0.15) is 0 Å². The van der Waals surface area contributed by atoms with Crippen molar-refractivity contribution in [3.63, 3.8) is 0 Å². The van der Waals surface area contributed by atoms with Crippen molar-refractivity contribution in [3.05, 3.63) is 0 Å². The summed E-state index contributed by atoms with van der Waals surface area (Å²) in [6.45, 7) is 11.0. The number of amides is 2. The van der Waals surface area contributed by atoms with Gasteiger partial charge in [-0.25, -0.2) is 4.79 Å². The molecule has 0 saturated carbocycles. The molecule has 0 bridgehead atoms. The third kappa shape index (κ3) is 5.07. The van der Waals surface area contributed by atoms with E-state index in [1.807, 2.05) is 4.90 Å². The minimum atomic E-state index is 0.147. The van der Waals surface area contributed by atoms with Crippen LogP contribution in [0.4, 0.5) is 4.79 Å². The van der Waals surface area contributed by atoms with Crippen molar-refractivity contribution in [1.29, 1.82) is 0 Å². The van der Waals surface area contributed by atoms with Crippen molar-refractivity contribution in [3.8, 4) is 0 Å². The van der Waals surface area contributed by atoms with Crippen LogP contribution in [0.25, 0.3) is 0 Å². The molecule has 0 aliphatic carbocycles. The summed E-state index contributed by atoms with van der Waals surface area (Å²) in [5.74, 6) is 0. The fourth-order valence-electron chi connectivity index (χ4n) is 4.24. The molecule has 3 aliphatic heterocycles. The number of nitrogens with one attached hydrogen (secondary N) is 1. The van der Waals surface area contributed by atoms with Crippen LogP contribution in [-0.2, 0) is 0 Å². The number of piperazine rings is 1. The summed E-state index contributed by atoms with van der Waals surface area (Å²) >= 11 is 0. The molecule has 6 nitrogen and oxygen atoms in total. The summed E-state index contributed by atoms with van der Waals surface area (Å²) in [6.07, 6.45) is 6.02. The van der Waals surface area contributed by atoms with Crippen LogP contribution in [-0.4, -0.2) is 104 Å². The fourth-order valence-corrected chi connectivity index (χ4v) is 4.24. The Kier molecular flexibility index (Phi) is 6.75. The van der Waals surface area contributed by atoms with E-state index in [-0.39, 0.29) is 6.03 Å². The number of rotatable bonds is 5. The van der Waals surface area contributed by atoms with Crippen LogP contribution < -0.4 is 5.32 Å². The zero-order chi connectivity index (χ0) is 16.8. The predicted molar refractivity (Wildman–Crippen MR) is 97.4 cm³/mol. The van der Waals surface area contributed by atoms with Gasteiger partial charge in [-0.05, 0) is 58.8 Å². The van der Waals surface area contributed by atoms with E-state index in [9.17, 15) is 4.79 Å². The first kappa shape index (κ1) is 18.0. The fraction of sp³-hybridized carbons (Fsp3) is 0.944. The maximum absolute atomic E-state index is 12.3. The van der Waals surface area contributed by atoms with Crippen LogP contribution in [0.15, 0.2) is 0 Å². The van der Waals surface area contributed by atoms with Crippen LogP contribution in [0.3, 0.4) is 0 Å². The van der Waals surface area contributed by atoms with Crippen LogP contribution >= 0.6 is 0 Å². The molecule has 3 fully saturated rings. The van der Waals surface area contributed by atoms with Crippen molar-refractivity contribution < 1.29 is 4.79 Å². The Morgan fingerprint density at radius 2 is 1.62 bits per heavy atom. The highest BCUT2D eigenvalue weighted by Crippen LogP contribution is 2.18. The van der Waals surface area contributed by atoms with Gasteiger partial charge in [0.25, 0.3) is 0 Å². The molecule has 1 N–H and O–H groups in total. The van der Waals surface area contributed by atoms with Gasteiger partial charge in [0.15, 0.2) is 0 Å². The summed E-state index contributed by atoms with van der Waals surface area (Å²) in [6, 6.07) is 0.825. The Hall–Kier alpha value is -0.850. The third-order valence-electron chi connectivity index (χ3n) is 5.93. The van der Waals surface area contributed by atoms with Gasteiger partial charge in [-0.3, -0.25) is 4.90 Å². The Balaban J connectivity index is 1.28. The number of nitrogens with zero attached hydrogens (tertiary/aromatic N) is 4. The second-order valence-electron chi connectivity index (χ2n) is 7.69. The molecule has 138 valence electrons. The average Bonchev–Trinajstić information content (AvgIpc) is 3.13. The average molecular weight is 338 g/mol. The third-order valence-corrected chi connectivity index (χ3v) is 5.93. The van der Waals surface area contributed by atoms with E-state index in [4.69, 9.17) is 0 Å². The molecule has 24 heavy (non-hydrogen) atoms. The number of likely N-dealkylation sites (N-methyl/N-ethyl adjacent to an activating group) is 1. The lowest BCUT2D eigenvalue weighted by atomic mass is 10.0. The van der Waals surface area contributed by atoms with E-state index in [1.54, 1.807) is 0 Å². The zero-order valence-electron chi connectivity index (χ0n) is 15.4. The monoisotopic (exact) mass is 337 g/mol. The topological polar surface area (TPSA) is 42.1 Å². The first-order valence-corrected chi connectivity index (χ1v) is 9.90. The van der Waals surface area contributed by atoms with Crippen molar-refractivity contribution in [2.24, 2.45) is 0 Å². The highest BCUT2D eigenvalue weighted by molar-refractivity contribution is 5.74. The molecule has 0 aromatic rings. The van der Waals surface area contributed by atoms with E-state index < -0.39 is 0 Å². The van der Waals surface area contributed by atoms with Gasteiger partial charge in [-0.1, -0.05) is 0 Å². The smallest absolute Gasteiger partial charge is 0.317 e. The van der Waals surface area contributed by atoms with E-state index in [0.717, 1.165) is 45.4 Å². The molecule has 3 heterocycles. The number of hydrogen-bond donors (Lipinski definition) is 1. The van der Waals surface area contributed by atoms with Gasteiger partial charge in [0, 0.05) is 51.9 Å². The van der Waals surface area contributed by atoms with Crippen LogP contribution in [0.5, 0.6) is 0 Å². The zero-order valence-corrected chi connectivity index (χ0v) is 15.4. The summed E-state index contributed by atoms with van der Waals surface area (Å²) < 4.78 is 0. The highest BCUT2D eigenvalue weighted by Gasteiger charge is 2.28. The van der Waals surface area contributed by atoms with Gasteiger partial charge in [0.05, 0.1) is 0 Å². The SMILES string of the molecule is CN1CCN(C2CCN(C(=O)NCCCN3CCCC3)CC2)CC1. The molecular formula is C18H35N5O. The highest BCUT2D eigenvalue weighted by atomic mass is 16.2. The molecule has 0 radical (unpaired) electrons. The molecule has 6 heteroatoms. The number of urea groups is 1. The van der Waals surface area contributed by atoms with Crippen molar-refractivity contribution in [2.45, 2.75) is 38.1 Å². The van der Waals surface area contributed by atoms with Gasteiger partial charge in [-0.15, -0.1) is 0 Å². The molecule has 2 amide bonds. The van der Waals surface area contributed by atoms with E-state index in [2.05, 4.69) is 27.1 Å². The lowest BCUT2D eigenvalue weighted by molar-refractivity contribution is 0.0748. The number of hydrogen-bond acceptors (Lipinski definition) is 4. The summed E-state index contributed by atoms with van der Waals surface area (Å²) in [7, 11) is 2.20. The van der Waals surface area contributed by atoms with E-state index >= 15 is 0 Å². The van der Waals surface area contributed by atoms with Gasteiger partial charge < -0.3 is 20.0 Å². The predicted octanol–water partition coefficient (Wildman–Crippen LogP) is 0.894. The molecule has 0 aromatic heterocycles. The standard InChI is InChI=1S/C18H35N5O/c1-20-13-15-22(16-14-20)17-5-11-23(12-6-17)18(24)19-7-4-10-21-8-2-3-9-21/h17H,2-16H2,1H3,(H,19,24). The largest absolute Gasteiger partial charge is 0.338 e. The molecule has 0 atom stereocenters. The minimum Gasteiger partial charge on any atom is -0.338 e. The second-order valence-corrected chi connectivity index (χ2v) is 7.69. The van der Waals surface area contributed by atoms with Gasteiger partial charge in [0.2, 0.25) is 0 Å². The van der Waals surface area contributed by atoms with Crippen molar-refractivity contribution >= 4 is 6.03 Å². The summed E-state index contributed by atoms with van der Waals surface area (Å²) in [5.41, 5.74) is 0. The molecule has 3 saturated heterocycles. The quantitative estimate of drug-likeness (QED) is 0.757. The molecule has 3 aliphatic rings. The number of piperidine rings is 1. The van der Waals surface area contributed by atoms with Crippen LogP contribution in [0.1, 0.15) is 32.1 Å². The Morgan fingerprint density at radius 1 is 0.958 bits per heavy atom. The first-order valence-electron chi connectivity index (χ1n) is 9.90. The Bertz CT molecular complexity index is 383. The van der Waals surface area contributed by atoms with Crippen molar-refractivity contribution in [1.82, 2.24) is 24.9 Å². The van der Waals surface area contributed by atoms with Gasteiger partial charge in [0.1, 0.15) is 0 Å². The number of carbonyl (C=O) groups excluding carboxylic acids is 1. The van der Waals surface area contributed by atoms with E-state index in [0.29, 0.717) is 6.04 Å². The summed E-state index contributed by atoms with van der Waals surface area (Å²) in [5, 5.41) is 3.12.